The van der Waals surface area contributed by atoms with E-state index in [1.54, 1.807) is 43.1 Å². The molecular formula is C35H38N4O8S. The van der Waals surface area contributed by atoms with Crippen molar-refractivity contribution in [2.45, 2.75) is 36.7 Å². The fourth-order valence-corrected chi connectivity index (χ4v) is 6.74. The minimum Gasteiger partial charge on any atom is -0.493 e. The van der Waals surface area contributed by atoms with Gasteiger partial charge in [-0.2, -0.15) is 0 Å². The molecule has 0 bridgehead atoms. The van der Waals surface area contributed by atoms with Crippen molar-refractivity contribution >= 4 is 34.5 Å². The van der Waals surface area contributed by atoms with Crippen LogP contribution in [0, 0.1) is 0 Å². The van der Waals surface area contributed by atoms with Gasteiger partial charge in [0.2, 0.25) is 12.7 Å². The molecule has 1 saturated heterocycles. The fourth-order valence-electron chi connectivity index (χ4n) is 5.65. The molecule has 2 aliphatic heterocycles. The first-order chi connectivity index (χ1) is 23.4. The van der Waals surface area contributed by atoms with Gasteiger partial charge >= 0.3 is 0 Å². The molecule has 0 aliphatic carbocycles. The lowest BCUT2D eigenvalue weighted by atomic mass is 10.1. The van der Waals surface area contributed by atoms with E-state index < -0.39 is 5.25 Å². The van der Waals surface area contributed by atoms with Crippen LogP contribution in [0.3, 0.4) is 0 Å². The van der Waals surface area contributed by atoms with Gasteiger partial charge in [0.05, 0.1) is 50.1 Å². The Morgan fingerprint density at radius 1 is 0.958 bits per heavy atom. The number of carbonyl (C=O) groups excluding carboxylic acids is 2. The third-order valence-electron chi connectivity index (χ3n) is 8.33. The van der Waals surface area contributed by atoms with Gasteiger partial charge in [0, 0.05) is 31.3 Å². The topological polar surface area (TPSA) is 130 Å². The number of nitrogens with one attached hydrogen (secondary N) is 1. The second-order valence-corrected chi connectivity index (χ2v) is 12.5. The number of methoxy groups -OCH3 is 2. The number of nitrogens with zero attached hydrogens (tertiary/aromatic N) is 3. The molecule has 13 heteroatoms. The molecule has 3 aromatic carbocycles. The molecule has 0 radical (unpaired) electrons. The van der Waals surface area contributed by atoms with E-state index in [9.17, 15) is 14.4 Å². The molecule has 4 aromatic rings. The van der Waals surface area contributed by atoms with Crippen LogP contribution < -0.4 is 29.8 Å². The standard InChI is InChI=1S/C35H38N4O8S/c1-4-31(34(42)38-13-15-45-16-14-38)48-35-37-26-19-30-29(46-21-47-30)18-25(26)33(41)39(35)20-23-5-8-24(9-6-23)32(40)36-12-11-22-7-10-27(43-2)28(17-22)44-3/h5-10,17-19,31H,4,11-16,20-21H2,1-3H3,(H,36,40)/t31-/m0/s1. The van der Waals surface area contributed by atoms with Crippen LogP contribution in [0.2, 0.25) is 0 Å². The highest BCUT2D eigenvalue weighted by Crippen LogP contribution is 2.36. The summed E-state index contributed by atoms with van der Waals surface area (Å²) in [6, 6.07) is 16.2. The van der Waals surface area contributed by atoms with E-state index in [1.807, 2.05) is 42.2 Å². The first-order valence-corrected chi connectivity index (χ1v) is 16.7. The molecule has 252 valence electrons. The molecule has 0 spiro atoms. The van der Waals surface area contributed by atoms with Crippen molar-refractivity contribution in [2.24, 2.45) is 0 Å². The molecule has 1 aromatic heterocycles. The third-order valence-corrected chi connectivity index (χ3v) is 9.68. The third kappa shape index (κ3) is 7.21. The number of ether oxygens (including phenoxy) is 5. The zero-order valence-corrected chi connectivity index (χ0v) is 28.0. The lowest BCUT2D eigenvalue weighted by Crippen LogP contribution is -2.44. The Balaban J connectivity index is 1.20. The van der Waals surface area contributed by atoms with Crippen LogP contribution in [0.15, 0.2) is 64.5 Å². The van der Waals surface area contributed by atoms with Gasteiger partial charge in [-0.1, -0.05) is 36.9 Å². The summed E-state index contributed by atoms with van der Waals surface area (Å²) < 4.78 is 28.7. The molecule has 48 heavy (non-hydrogen) atoms. The first-order valence-electron chi connectivity index (χ1n) is 15.8. The highest BCUT2D eigenvalue weighted by molar-refractivity contribution is 8.00. The lowest BCUT2D eigenvalue weighted by molar-refractivity contribution is -0.134. The van der Waals surface area contributed by atoms with Crippen LogP contribution >= 0.6 is 11.8 Å². The molecule has 2 aliphatic rings. The number of carbonyl (C=O) groups is 2. The maximum Gasteiger partial charge on any atom is 0.262 e. The number of amides is 2. The summed E-state index contributed by atoms with van der Waals surface area (Å²) in [4.78, 5) is 47.1. The molecule has 1 N–H and O–H groups in total. The Morgan fingerprint density at radius 3 is 2.38 bits per heavy atom. The van der Waals surface area contributed by atoms with Gasteiger partial charge in [-0.3, -0.25) is 19.0 Å². The van der Waals surface area contributed by atoms with E-state index in [-0.39, 0.29) is 30.7 Å². The number of benzene rings is 3. The van der Waals surface area contributed by atoms with E-state index in [2.05, 4.69) is 5.32 Å². The van der Waals surface area contributed by atoms with Crippen molar-refractivity contribution in [3.05, 3.63) is 81.6 Å². The maximum atomic E-state index is 14.0. The minimum atomic E-state index is -0.433. The average Bonchev–Trinajstić information content (AvgIpc) is 3.59. The van der Waals surface area contributed by atoms with Gasteiger partial charge in [0.15, 0.2) is 28.2 Å². The molecule has 1 atom stereocenters. The van der Waals surface area contributed by atoms with Gasteiger partial charge in [0.1, 0.15) is 0 Å². The maximum absolute atomic E-state index is 14.0. The molecule has 3 heterocycles. The number of rotatable bonds is 12. The Bertz CT molecular complexity index is 1860. The van der Waals surface area contributed by atoms with Crippen LogP contribution in [0.5, 0.6) is 23.0 Å². The number of hydrogen-bond acceptors (Lipinski definition) is 10. The molecule has 12 nitrogen and oxygen atoms in total. The average molecular weight is 675 g/mol. The second-order valence-electron chi connectivity index (χ2n) is 11.4. The first kappa shape index (κ1) is 33.2. The summed E-state index contributed by atoms with van der Waals surface area (Å²) in [6.45, 7) is 4.74. The van der Waals surface area contributed by atoms with Gasteiger partial charge in [0.25, 0.3) is 11.5 Å². The molecule has 6 rings (SSSR count). The number of thioether (sulfide) groups is 1. The zero-order chi connectivity index (χ0) is 33.6. The van der Waals surface area contributed by atoms with Crippen LogP contribution in [-0.2, 0) is 22.5 Å². The fraction of sp³-hybridized carbons (Fsp3) is 0.371. The van der Waals surface area contributed by atoms with Gasteiger partial charge in [-0.05, 0) is 54.3 Å². The van der Waals surface area contributed by atoms with Crippen molar-refractivity contribution in [3.8, 4) is 23.0 Å². The lowest BCUT2D eigenvalue weighted by Gasteiger charge is -2.30. The summed E-state index contributed by atoms with van der Waals surface area (Å²) in [5, 5.41) is 3.35. The molecule has 2 amide bonds. The van der Waals surface area contributed by atoms with Gasteiger partial charge in [-0.15, -0.1) is 0 Å². The van der Waals surface area contributed by atoms with Crippen molar-refractivity contribution in [2.75, 3.05) is 53.9 Å². The number of fused-ring (bicyclic) bond motifs is 2. The van der Waals surface area contributed by atoms with Crippen LogP contribution in [0.4, 0.5) is 0 Å². The van der Waals surface area contributed by atoms with Crippen LogP contribution in [0.25, 0.3) is 10.9 Å². The smallest absolute Gasteiger partial charge is 0.262 e. The summed E-state index contributed by atoms with van der Waals surface area (Å²) in [6.07, 6.45) is 1.18. The summed E-state index contributed by atoms with van der Waals surface area (Å²) in [5.41, 5.74) is 2.52. The highest BCUT2D eigenvalue weighted by Gasteiger charge is 2.28. The molecule has 0 unspecified atom stereocenters. The summed E-state index contributed by atoms with van der Waals surface area (Å²) >= 11 is 1.29. The molecular weight excluding hydrogens is 636 g/mol. The predicted octanol–water partition coefficient (Wildman–Crippen LogP) is 3.89. The second kappa shape index (κ2) is 15.0. The largest absolute Gasteiger partial charge is 0.493 e. The van der Waals surface area contributed by atoms with E-state index in [1.165, 1.54) is 11.8 Å². The van der Waals surface area contributed by atoms with Gasteiger partial charge in [-0.25, -0.2) is 4.98 Å². The highest BCUT2D eigenvalue weighted by atomic mass is 32.2. The number of aromatic nitrogens is 2. The van der Waals surface area contributed by atoms with Crippen molar-refractivity contribution < 1.29 is 33.3 Å². The van der Waals surface area contributed by atoms with Crippen LogP contribution in [0.1, 0.15) is 34.8 Å². The summed E-state index contributed by atoms with van der Waals surface area (Å²) in [7, 11) is 3.18. The van der Waals surface area contributed by atoms with Crippen LogP contribution in [-0.4, -0.2) is 85.4 Å². The van der Waals surface area contributed by atoms with E-state index >= 15 is 0 Å². The van der Waals surface area contributed by atoms with Crippen molar-refractivity contribution in [3.63, 3.8) is 0 Å². The summed E-state index contributed by atoms with van der Waals surface area (Å²) in [5.74, 6) is 2.10. The van der Waals surface area contributed by atoms with E-state index in [4.69, 9.17) is 28.7 Å². The SMILES string of the molecule is CC[C@H](Sc1nc2cc3c(cc2c(=O)n1Cc1ccc(C(=O)NCCc2ccc(OC)c(OC)c2)cc1)OCO3)C(=O)N1CCOCC1. The van der Waals surface area contributed by atoms with E-state index in [0.29, 0.717) is 90.3 Å². The normalized spacial score (nSPS) is 14.5. The number of morpholine rings is 1. The monoisotopic (exact) mass is 674 g/mol. The molecule has 1 fully saturated rings. The van der Waals surface area contributed by atoms with Crippen molar-refractivity contribution in [1.29, 1.82) is 0 Å². The quantitative estimate of drug-likeness (QED) is 0.175. The molecule has 0 saturated carbocycles. The zero-order valence-electron chi connectivity index (χ0n) is 27.2. The minimum absolute atomic E-state index is 0.00104. The Hall–Kier alpha value is -4.75. The number of hydrogen-bond donors (Lipinski definition) is 1. The Labute approximate surface area is 282 Å². The van der Waals surface area contributed by atoms with Gasteiger partial charge < -0.3 is 33.9 Å². The predicted molar refractivity (Wildman–Crippen MR) is 181 cm³/mol. The Kier molecular flexibility index (Phi) is 10.4. The Morgan fingerprint density at radius 2 is 1.67 bits per heavy atom. The van der Waals surface area contributed by atoms with E-state index in [0.717, 1.165) is 11.1 Å². The van der Waals surface area contributed by atoms with Crippen molar-refractivity contribution in [1.82, 2.24) is 19.8 Å².